The highest BCUT2D eigenvalue weighted by molar-refractivity contribution is 5.83. The number of ether oxygens (including phenoxy) is 2. The summed E-state index contributed by atoms with van der Waals surface area (Å²) in [5, 5.41) is 2.70. The van der Waals surface area contributed by atoms with Crippen molar-refractivity contribution in [3.63, 3.8) is 0 Å². The maximum absolute atomic E-state index is 13.3. The third-order valence-electron chi connectivity index (χ3n) is 6.07. The van der Waals surface area contributed by atoms with Gasteiger partial charge in [0.05, 0.1) is 13.2 Å². The summed E-state index contributed by atoms with van der Waals surface area (Å²) in [6.45, 7) is 3.91. The van der Waals surface area contributed by atoms with Gasteiger partial charge in [-0.1, -0.05) is 0 Å². The maximum atomic E-state index is 13.3. The molecule has 9 heteroatoms. The number of nitrogens with zero attached hydrogens (tertiary/aromatic N) is 4. The van der Waals surface area contributed by atoms with Crippen LogP contribution in [-0.2, 0) is 20.8 Å². The first-order chi connectivity index (χ1) is 15.1. The summed E-state index contributed by atoms with van der Waals surface area (Å²) in [5.74, 6) is 0.0989. The molecule has 1 N–H and O–H groups in total. The lowest BCUT2D eigenvalue weighted by molar-refractivity contribution is -0.149. The van der Waals surface area contributed by atoms with Gasteiger partial charge in [0.1, 0.15) is 11.6 Å². The largest absolute Gasteiger partial charge is 0.453 e. The van der Waals surface area contributed by atoms with Crippen molar-refractivity contribution in [1.29, 1.82) is 0 Å². The van der Waals surface area contributed by atoms with Gasteiger partial charge in [-0.3, -0.25) is 9.78 Å². The molecule has 2 atom stereocenters. The van der Waals surface area contributed by atoms with E-state index in [-0.39, 0.29) is 24.1 Å². The number of hydrogen-bond donors (Lipinski definition) is 1. The maximum Gasteiger partial charge on any atom is 0.406 e. The molecule has 9 nitrogen and oxygen atoms in total. The zero-order valence-electron chi connectivity index (χ0n) is 18.2. The van der Waals surface area contributed by atoms with Gasteiger partial charge >= 0.3 is 6.09 Å². The van der Waals surface area contributed by atoms with Gasteiger partial charge in [0.2, 0.25) is 0 Å². The number of alkyl carbamates (subject to hydrolysis) is 1. The van der Waals surface area contributed by atoms with E-state index in [0.717, 1.165) is 55.3 Å². The summed E-state index contributed by atoms with van der Waals surface area (Å²) >= 11 is 0. The van der Waals surface area contributed by atoms with Crippen molar-refractivity contribution in [2.75, 3.05) is 20.3 Å². The monoisotopic (exact) mass is 429 g/mol. The summed E-state index contributed by atoms with van der Waals surface area (Å²) in [4.78, 5) is 35.7. The van der Waals surface area contributed by atoms with Crippen molar-refractivity contribution in [2.24, 2.45) is 0 Å². The van der Waals surface area contributed by atoms with Gasteiger partial charge in [0, 0.05) is 49.9 Å². The Labute approximate surface area is 182 Å². The van der Waals surface area contributed by atoms with Crippen LogP contribution in [-0.4, -0.2) is 63.8 Å². The highest BCUT2D eigenvalue weighted by Gasteiger charge is 2.40. The highest BCUT2D eigenvalue weighted by Crippen LogP contribution is 2.38. The molecule has 0 spiro atoms. The molecule has 0 unspecified atom stereocenters. The SMILES string of the molecule is COC(=O)NCCCn1cc([C@@H](C)N(C(=O)[C@H]2CCCCO2)C2CC2)c2nccnc21. The normalized spacial score (nSPS) is 19.7. The Morgan fingerprint density at radius 1 is 1.29 bits per heavy atom. The molecule has 2 aromatic rings. The summed E-state index contributed by atoms with van der Waals surface area (Å²) in [5.41, 5.74) is 2.61. The van der Waals surface area contributed by atoms with Crippen LogP contribution in [0.15, 0.2) is 18.6 Å². The topological polar surface area (TPSA) is 98.6 Å². The van der Waals surface area contributed by atoms with E-state index in [1.165, 1.54) is 7.11 Å². The predicted molar refractivity (Wildman–Crippen MR) is 114 cm³/mol. The average molecular weight is 430 g/mol. The van der Waals surface area contributed by atoms with Gasteiger partial charge in [0.25, 0.3) is 5.91 Å². The van der Waals surface area contributed by atoms with Crippen molar-refractivity contribution in [2.45, 2.75) is 70.2 Å². The zero-order chi connectivity index (χ0) is 21.8. The molecule has 0 bridgehead atoms. The Morgan fingerprint density at radius 3 is 2.81 bits per heavy atom. The Balaban J connectivity index is 1.54. The molecule has 1 aliphatic heterocycles. The summed E-state index contributed by atoms with van der Waals surface area (Å²) in [6.07, 6.45) is 10.3. The van der Waals surface area contributed by atoms with Crippen LogP contribution in [0, 0.1) is 0 Å². The average Bonchev–Trinajstić information content (AvgIpc) is 3.57. The second-order valence-corrected chi connectivity index (χ2v) is 8.29. The number of carbonyl (C=O) groups is 2. The minimum atomic E-state index is -0.435. The number of nitrogens with one attached hydrogen (secondary N) is 1. The van der Waals surface area contributed by atoms with Gasteiger partial charge in [-0.15, -0.1) is 0 Å². The van der Waals surface area contributed by atoms with Crippen LogP contribution >= 0.6 is 0 Å². The number of hydrogen-bond acceptors (Lipinski definition) is 6. The molecule has 0 aromatic carbocycles. The van der Waals surface area contributed by atoms with E-state index in [0.29, 0.717) is 19.7 Å². The Bertz CT molecular complexity index is 920. The first-order valence-electron chi connectivity index (χ1n) is 11.2. The Morgan fingerprint density at radius 2 is 2.10 bits per heavy atom. The second kappa shape index (κ2) is 9.64. The van der Waals surface area contributed by atoms with E-state index in [1.807, 2.05) is 4.90 Å². The molecule has 0 radical (unpaired) electrons. The van der Waals surface area contributed by atoms with E-state index < -0.39 is 6.09 Å². The molecule has 4 rings (SSSR count). The first-order valence-corrected chi connectivity index (χ1v) is 11.2. The van der Waals surface area contributed by atoms with Gasteiger partial charge in [0.15, 0.2) is 5.65 Å². The number of aromatic nitrogens is 3. The fraction of sp³-hybridized carbons (Fsp3) is 0.636. The van der Waals surface area contributed by atoms with E-state index >= 15 is 0 Å². The molecule has 1 aliphatic carbocycles. The molecule has 2 amide bonds. The smallest absolute Gasteiger partial charge is 0.406 e. The minimum absolute atomic E-state index is 0.0989. The van der Waals surface area contributed by atoms with Crippen molar-refractivity contribution in [3.8, 4) is 0 Å². The molecule has 168 valence electrons. The van der Waals surface area contributed by atoms with Crippen LogP contribution in [0.5, 0.6) is 0 Å². The molecule has 2 aliphatic rings. The van der Waals surface area contributed by atoms with Crippen LogP contribution < -0.4 is 5.32 Å². The molecule has 2 fully saturated rings. The van der Waals surface area contributed by atoms with Crippen molar-refractivity contribution < 1.29 is 19.1 Å². The van der Waals surface area contributed by atoms with Gasteiger partial charge in [-0.25, -0.2) is 9.78 Å². The summed E-state index contributed by atoms with van der Waals surface area (Å²) in [6, 6.07) is 0.159. The van der Waals surface area contributed by atoms with Crippen LogP contribution in [0.1, 0.15) is 57.1 Å². The minimum Gasteiger partial charge on any atom is -0.453 e. The van der Waals surface area contributed by atoms with Gasteiger partial charge in [-0.2, -0.15) is 0 Å². The molecule has 3 heterocycles. The highest BCUT2D eigenvalue weighted by atomic mass is 16.5. The van der Waals surface area contributed by atoms with Crippen LogP contribution in [0.4, 0.5) is 4.79 Å². The summed E-state index contributed by atoms with van der Waals surface area (Å²) < 4.78 is 12.5. The van der Waals surface area contributed by atoms with E-state index in [9.17, 15) is 9.59 Å². The number of carbonyl (C=O) groups excluding carboxylic acids is 2. The van der Waals surface area contributed by atoms with Crippen LogP contribution in [0.2, 0.25) is 0 Å². The molecule has 1 saturated carbocycles. The zero-order valence-corrected chi connectivity index (χ0v) is 18.2. The molecule has 1 saturated heterocycles. The van der Waals surface area contributed by atoms with E-state index in [1.54, 1.807) is 12.4 Å². The molecular formula is C22H31N5O4. The van der Waals surface area contributed by atoms with Crippen LogP contribution in [0.3, 0.4) is 0 Å². The van der Waals surface area contributed by atoms with Crippen LogP contribution in [0.25, 0.3) is 11.2 Å². The second-order valence-electron chi connectivity index (χ2n) is 8.29. The summed E-state index contributed by atoms with van der Waals surface area (Å²) in [7, 11) is 1.35. The lowest BCUT2D eigenvalue weighted by Crippen LogP contribution is -2.44. The number of amides is 2. The third kappa shape index (κ3) is 4.81. The van der Waals surface area contributed by atoms with E-state index in [2.05, 4.69) is 37.7 Å². The Kier molecular flexibility index (Phi) is 6.70. The first kappa shape index (κ1) is 21.5. The number of rotatable bonds is 8. The number of fused-ring (bicyclic) bond motifs is 1. The van der Waals surface area contributed by atoms with Gasteiger partial charge < -0.3 is 24.3 Å². The standard InChI is InChI=1S/C22H31N5O4/c1-15(27(16-7-8-16)21(28)18-6-3-4-13-31-18)17-14-26(12-5-9-25-22(29)30-2)20-19(17)23-10-11-24-20/h10-11,14-16,18H,3-9,12-13H2,1-2H3,(H,25,29)/t15-,18-/m1/s1. The third-order valence-corrected chi connectivity index (χ3v) is 6.07. The molecule has 31 heavy (non-hydrogen) atoms. The van der Waals surface area contributed by atoms with Gasteiger partial charge in [-0.05, 0) is 45.4 Å². The number of methoxy groups -OCH3 is 1. The molecule has 2 aromatic heterocycles. The lowest BCUT2D eigenvalue weighted by atomic mass is 10.0. The lowest BCUT2D eigenvalue weighted by Gasteiger charge is -2.33. The fourth-order valence-corrected chi connectivity index (χ4v) is 4.31. The predicted octanol–water partition coefficient (Wildman–Crippen LogP) is 2.80. The van der Waals surface area contributed by atoms with Crippen molar-refractivity contribution in [3.05, 3.63) is 24.2 Å². The number of aryl methyl sites for hydroxylation is 1. The van der Waals surface area contributed by atoms with E-state index in [4.69, 9.17) is 4.74 Å². The quantitative estimate of drug-likeness (QED) is 0.648. The fourth-order valence-electron chi connectivity index (χ4n) is 4.31. The Hall–Kier alpha value is -2.68. The molecular weight excluding hydrogens is 398 g/mol. The van der Waals surface area contributed by atoms with Crippen molar-refractivity contribution >= 4 is 23.2 Å². The van der Waals surface area contributed by atoms with Crippen molar-refractivity contribution in [1.82, 2.24) is 24.8 Å².